The van der Waals surface area contributed by atoms with Crippen molar-refractivity contribution in [3.63, 3.8) is 0 Å². The van der Waals surface area contributed by atoms with Gasteiger partial charge < -0.3 is 23.8 Å². The van der Waals surface area contributed by atoms with Crippen molar-refractivity contribution >= 4 is 11.8 Å². The number of rotatable bonds is 5. The molecule has 0 unspecified atom stereocenters. The van der Waals surface area contributed by atoms with Gasteiger partial charge in [-0.25, -0.2) is 0 Å². The van der Waals surface area contributed by atoms with Crippen LogP contribution in [0.3, 0.4) is 0 Å². The molecule has 0 saturated heterocycles. The van der Waals surface area contributed by atoms with E-state index in [1.165, 1.54) is 16.8 Å². The molecule has 146 valence electrons. The molecule has 28 heavy (non-hydrogen) atoms. The van der Waals surface area contributed by atoms with Gasteiger partial charge in [-0.3, -0.25) is 4.39 Å². The molecule has 0 aromatic heterocycles. The number of ether oxygens (including phenoxy) is 4. The molecule has 0 fully saturated rings. The number of fused-ring (bicyclic) bond motifs is 5. The highest BCUT2D eigenvalue weighted by atomic mass is 19.1. The van der Waals surface area contributed by atoms with Gasteiger partial charge in [-0.2, -0.15) is 0 Å². The number of nitrogens with zero attached hydrogens (tertiary/aromatic N) is 1. The third-order valence-corrected chi connectivity index (χ3v) is 5.51. The van der Waals surface area contributed by atoms with Crippen LogP contribution in [-0.4, -0.2) is 38.6 Å². The van der Waals surface area contributed by atoms with Crippen LogP contribution in [0.2, 0.25) is 0 Å². The molecule has 6 heteroatoms. The SMILES string of the molecule is COc1ccc2c(c1OCCCF)CN1CCc3cc4c(cc3C1=C2)OCO4. The minimum Gasteiger partial charge on any atom is -0.493 e. The fraction of sp³-hybridized carbons (Fsp3) is 0.364. The standard InChI is InChI=1S/C22H22FNO4/c1-25-19-4-3-14-9-18-16-11-21-20(27-13-28-21)10-15(16)5-7-24(18)12-17(14)22(19)26-8-2-6-23/h3-4,9-11H,2,5-8,12-13H2,1H3. The Hall–Kier alpha value is -2.89. The topological polar surface area (TPSA) is 40.2 Å². The average molecular weight is 383 g/mol. The van der Waals surface area contributed by atoms with Gasteiger partial charge in [0.2, 0.25) is 6.79 Å². The second-order valence-corrected chi connectivity index (χ2v) is 7.12. The van der Waals surface area contributed by atoms with Gasteiger partial charge in [0.15, 0.2) is 23.0 Å². The first-order valence-corrected chi connectivity index (χ1v) is 9.56. The van der Waals surface area contributed by atoms with Crippen LogP contribution in [0, 0.1) is 0 Å². The van der Waals surface area contributed by atoms with Crippen LogP contribution in [0.25, 0.3) is 11.8 Å². The Morgan fingerprint density at radius 1 is 1.18 bits per heavy atom. The lowest BCUT2D eigenvalue weighted by Crippen LogP contribution is -2.31. The Balaban J connectivity index is 1.57. The smallest absolute Gasteiger partial charge is 0.231 e. The van der Waals surface area contributed by atoms with Crippen molar-refractivity contribution < 1.29 is 23.3 Å². The first-order valence-electron chi connectivity index (χ1n) is 9.56. The van der Waals surface area contributed by atoms with Crippen molar-refractivity contribution in [2.75, 3.05) is 33.7 Å². The van der Waals surface area contributed by atoms with Crippen molar-refractivity contribution in [3.05, 3.63) is 46.5 Å². The maximum absolute atomic E-state index is 12.5. The normalized spacial score (nSPS) is 16.1. The molecule has 3 aliphatic rings. The van der Waals surface area contributed by atoms with Crippen molar-refractivity contribution in [2.24, 2.45) is 0 Å². The molecule has 0 amide bonds. The van der Waals surface area contributed by atoms with E-state index in [9.17, 15) is 4.39 Å². The van der Waals surface area contributed by atoms with Gasteiger partial charge in [-0.15, -0.1) is 0 Å². The zero-order chi connectivity index (χ0) is 19.1. The largest absolute Gasteiger partial charge is 0.493 e. The summed E-state index contributed by atoms with van der Waals surface area (Å²) >= 11 is 0. The summed E-state index contributed by atoms with van der Waals surface area (Å²) in [5, 5.41) is 0. The lowest BCUT2D eigenvalue weighted by Gasteiger charge is -2.37. The van der Waals surface area contributed by atoms with Crippen LogP contribution < -0.4 is 18.9 Å². The molecule has 0 atom stereocenters. The predicted molar refractivity (Wildman–Crippen MR) is 104 cm³/mol. The number of hydrogen-bond donors (Lipinski definition) is 0. The first-order chi connectivity index (χ1) is 13.8. The summed E-state index contributed by atoms with van der Waals surface area (Å²) in [5.74, 6) is 3.05. The maximum Gasteiger partial charge on any atom is 0.231 e. The highest BCUT2D eigenvalue weighted by Gasteiger charge is 2.30. The van der Waals surface area contributed by atoms with Crippen molar-refractivity contribution in [1.82, 2.24) is 4.90 Å². The number of benzene rings is 2. The minimum absolute atomic E-state index is 0.281. The number of methoxy groups -OCH3 is 1. The summed E-state index contributed by atoms with van der Waals surface area (Å²) in [4.78, 5) is 2.36. The van der Waals surface area contributed by atoms with Crippen LogP contribution in [-0.2, 0) is 13.0 Å². The molecule has 0 radical (unpaired) electrons. The summed E-state index contributed by atoms with van der Waals surface area (Å²) in [6.45, 7) is 1.88. The predicted octanol–water partition coefficient (Wildman–Crippen LogP) is 4.03. The molecule has 3 aliphatic heterocycles. The lowest BCUT2D eigenvalue weighted by molar-refractivity contribution is 0.174. The van der Waals surface area contributed by atoms with E-state index in [-0.39, 0.29) is 13.5 Å². The molecule has 5 rings (SSSR count). The highest BCUT2D eigenvalue weighted by molar-refractivity contribution is 5.87. The third-order valence-electron chi connectivity index (χ3n) is 5.51. The van der Waals surface area contributed by atoms with Gasteiger partial charge in [0.25, 0.3) is 0 Å². The van der Waals surface area contributed by atoms with Crippen molar-refractivity contribution in [2.45, 2.75) is 19.4 Å². The zero-order valence-electron chi connectivity index (χ0n) is 15.8. The summed E-state index contributed by atoms with van der Waals surface area (Å²) in [5.41, 5.74) is 5.85. The van der Waals surface area contributed by atoms with Crippen LogP contribution >= 0.6 is 0 Å². The lowest BCUT2D eigenvalue weighted by atomic mass is 9.90. The molecule has 0 N–H and O–H groups in total. The fourth-order valence-corrected chi connectivity index (χ4v) is 4.11. The van der Waals surface area contributed by atoms with E-state index < -0.39 is 0 Å². The Bertz CT molecular complexity index is 956. The molecule has 2 aromatic carbocycles. The second kappa shape index (κ2) is 6.93. The van der Waals surface area contributed by atoms with Gasteiger partial charge in [-0.1, -0.05) is 6.07 Å². The summed E-state index contributed by atoms with van der Waals surface area (Å²) < 4.78 is 35.1. The molecule has 0 aliphatic carbocycles. The van der Waals surface area contributed by atoms with Crippen LogP contribution in [0.5, 0.6) is 23.0 Å². The van der Waals surface area contributed by atoms with Gasteiger partial charge in [0.05, 0.1) is 20.4 Å². The van der Waals surface area contributed by atoms with E-state index in [0.29, 0.717) is 18.8 Å². The number of hydrogen-bond acceptors (Lipinski definition) is 5. The third kappa shape index (κ3) is 2.75. The monoisotopic (exact) mass is 383 g/mol. The zero-order valence-corrected chi connectivity index (χ0v) is 15.8. The van der Waals surface area contributed by atoms with Gasteiger partial charge >= 0.3 is 0 Å². The molecule has 0 bridgehead atoms. The Kier molecular flexibility index (Phi) is 4.26. The number of halogens is 1. The molecular formula is C22H22FNO4. The van der Waals surface area contributed by atoms with E-state index in [4.69, 9.17) is 18.9 Å². The Morgan fingerprint density at radius 2 is 2.04 bits per heavy atom. The molecule has 0 spiro atoms. The first kappa shape index (κ1) is 17.2. The van der Waals surface area contributed by atoms with E-state index in [1.54, 1.807) is 7.11 Å². The van der Waals surface area contributed by atoms with E-state index >= 15 is 0 Å². The van der Waals surface area contributed by atoms with E-state index in [0.717, 1.165) is 47.9 Å². The summed E-state index contributed by atoms with van der Waals surface area (Å²) in [6, 6.07) is 8.16. The Morgan fingerprint density at radius 3 is 2.86 bits per heavy atom. The number of alkyl halides is 1. The second-order valence-electron chi connectivity index (χ2n) is 7.12. The van der Waals surface area contributed by atoms with E-state index in [1.807, 2.05) is 6.07 Å². The maximum atomic E-state index is 12.5. The van der Waals surface area contributed by atoms with Gasteiger partial charge in [-0.05, 0) is 41.8 Å². The van der Waals surface area contributed by atoms with Crippen molar-refractivity contribution in [3.8, 4) is 23.0 Å². The highest BCUT2D eigenvalue weighted by Crippen LogP contribution is 2.45. The summed E-state index contributed by atoms with van der Waals surface area (Å²) in [7, 11) is 1.63. The van der Waals surface area contributed by atoms with Crippen LogP contribution in [0.1, 0.15) is 28.7 Å². The van der Waals surface area contributed by atoms with Gasteiger partial charge in [0, 0.05) is 36.3 Å². The van der Waals surface area contributed by atoms with Gasteiger partial charge in [0.1, 0.15) is 0 Å². The van der Waals surface area contributed by atoms with Crippen LogP contribution in [0.4, 0.5) is 4.39 Å². The van der Waals surface area contributed by atoms with E-state index in [2.05, 4.69) is 29.2 Å². The fourth-order valence-electron chi connectivity index (χ4n) is 4.11. The van der Waals surface area contributed by atoms with Crippen molar-refractivity contribution in [1.29, 1.82) is 0 Å². The van der Waals surface area contributed by atoms with Crippen LogP contribution in [0.15, 0.2) is 24.3 Å². The molecule has 5 nitrogen and oxygen atoms in total. The summed E-state index contributed by atoms with van der Waals surface area (Å²) in [6.07, 6.45) is 3.51. The molecule has 0 saturated carbocycles. The molecule has 2 aromatic rings. The Labute approximate surface area is 163 Å². The average Bonchev–Trinajstić information content (AvgIpc) is 3.18. The molecular weight excluding hydrogens is 361 g/mol. The molecule has 3 heterocycles. The quantitative estimate of drug-likeness (QED) is 0.729. The minimum atomic E-state index is -0.388.